The molecule has 0 saturated carbocycles. The van der Waals surface area contributed by atoms with Gasteiger partial charge in [-0.25, -0.2) is 0 Å². The van der Waals surface area contributed by atoms with Gasteiger partial charge in [-0.2, -0.15) is 0 Å². The lowest BCUT2D eigenvalue weighted by Gasteiger charge is -2.31. The summed E-state index contributed by atoms with van der Waals surface area (Å²) in [4.78, 5) is 11.6. The number of fused-ring (bicyclic) bond motifs is 1. The van der Waals surface area contributed by atoms with Crippen LogP contribution in [0.1, 0.15) is 44.5 Å². The van der Waals surface area contributed by atoms with Crippen molar-refractivity contribution in [2.24, 2.45) is 0 Å². The Morgan fingerprint density at radius 3 is 2.00 bits per heavy atom. The molecule has 5 heteroatoms. The van der Waals surface area contributed by atoms with Crippen LogP contribution in [-0.2, 0) is 14.2 Å². The van der Waals surface area contributed by atoms with E-state index < -0.39 is 6.48 Å². The molecule has 126 valence electrons. The highest BCUT2D eigenvalue weighted by Gasteiger charge is 2.31. The summed E-state index contributed by atoms with van der Waals surface area (Å²) in [5, 5.41) is 0. The first-order chi connectivity index (χ1) is 10.4. The zero-order valence-corrected chi connectivity index (χ0v) is 14.6. The summed E-state index contributed by atoms with van der Waals surface area (Å²) < 4.78 is 19.5. The molecule has 0 unspecified atom stereocenters. The van der Waals surface area contributed by atoms with Crippen LogP contribution in [0.4, 0.5) is 0 Å². The number of methoxy groups -OCH3 is 3. The number of ketones is 1. The quantitative estimate of drug-likeness (QED) is 0.797. The Labute approximate surface area is 133 Å². The smallest absolute Gasteiger partial charge is 0.270 e. The fourth-order valence-electron chi connectivity index (χ4n) is 1.89. The molecule has 0 atom stereocenters. The standard InChI is InChI=1S/C11H12O2.C4H10O3.C2H6/c1-11(2)7-9(12)8-5-3-4-6-10(8)13-11;1-5-4(6-2)7-3;1-2/h3-6H,7H2,1-2H3;4H,1-3H3;1-2H3. The number of hydrogen-bond acceptors (Lipinski definition) is 5. The molecule has 0 N–H and O–H groups in total. The third-order valence-electron chi connectivity index (χ3n) is 2.74. The Bertz CT molecular complexity index is 433. The molecule has 0 spiro atoms. The Hall–Kier alpha value is -1.43. The topological polar surface area (TPSA) is 54.0 Å². The SMILES string of the molecule is CC.CC1(C)CC(=O)c2ccccc2O1.COC(OC)OC. The van der Waals surface area contributed by atoms with E-state index in [1.807, 2.05) is 52.0 Å². The van der Waals surface area contributed by atoms with Crippen LogP contribution in [0.3, 0.4) is 0 Å². The minimum Gasteiger partial charge on any atom is -0.487 e. The first-order valence-electron chi connectivity index (χ1n) is 7.33. The third kappa shape index (κ3) is 6.56. The van der Waals surface area contributed by atoms with Crippen LogP contribution in [0.15, 0.2) is 24.3 Å². The average molecular weight is 312 g/mol. The average Bonchev–Trinajstić information content (AvgIpc) is 2.50. The number of para-hydroxylation sites is 1. The number of carbonyl (C=O) groups is 1. The van der Waals surface area contributed by atoms with Crippen molar-refractivity contribution in [2.45, 2.75) is 46.2 Å². The van der Waals surface area contributed by atoms with E-state index in [0.29, 0.717) is 17.7 Å². The molecular formula is C17H28O5. The largest absolute Gasteiger partial charge is 0.487 e. The lowest BCUT2D eigenvalue weighted by Crippen LogP contribution is -2.35. The predicted octanol–water partition coefficient (Wildman–Crippen LogP) is 3.67. The van der Waals surface area contributed by atoms with E-state index in [9.17, 15) is 4.79 Å². The van der Waals surface area contributed by atoms with E-state index in [4.69, 9.17) is 4.74 Å². The van der Waals surface area contributed by atoms with Crippen molar-refractivity contribution >= 4 is 5.78 Å². The van der Waals surface area contributed by atoms with Crippen LogP contribution in [0.25, 0.3) is 0 Å². The zero-order valence-electron chi connectivity index (χ0n) is 14.6. The Morgan fingerprint density at radius 1 is 1.05 bits per heavy atom. The number of carbonyl (C=O) groups excluding carboxylic acids is 1. The second-order valence-electron chi connectivity index (χ2n) is 4.95. The maximum atomic E-state index is 11.6. The molecule has 0 aromatic heterocycles. The fourth-order valence-corrected chi connectivity index (χ4v) is 1.89. The number of rotatable bonds is 3. The Balaban J connectivity index is 0.000000421. The van der Waals surface area contributed by atoms with Gasteiger partial charge in [-0.3, -0.25) is 4.79 Å². The van der Waals surface area contributed by atoms with Gasteiger partial charge in [0.1, 0.15) is 11.4 Å². The van der Waals surface area contributed by atoms with Crippen molar-refractivity contribution in [1.82, 2.24) is 0 Å². The summed E-state index contributed by atoms with van der Waals surface area (Å²) in [5.74, 6) is 0.885. The summed E-state index contributed by atoms with van der Waals surface area (Å²) in [6, 6.07) is 7.40. The highest BCUT2D eigenvalue weighted by Crippen LogP contribution is 2.32. The van der Waals surface area contributed by atoms with E-state index >= 15 is 0 Å². The van der Waals surface area contributed by atoms with Gasteiger partial charge in [-0.15, -0.1) is 0 Å². The molecule has 0 bridgehead atoms. The summed E-state index contributed by atoms with van der Waals surface area (Å²) in [6.07, 6.45) is 0.462. The normalized spacial score (nSPS) is 14.8. The molecule has 5 nitrogen and oxygen atoms in total. The van der Waals surface area contributed by atoms with E-state index in [2.05, 4.69) is 14.2 Å². The first kappa shape index (κ1) is 20.6. The Morgan fingerprint density at radius 2 is 1.55 bits per heavy atom. The molecule has 1 aromatic rings. The van der Waals surface area contributed by atoms with Gasteiger partial charge in [-0.05, 0) is 26.0 Å². The van der Waals surface area contributed by atoms with E-state index in [-0.39, 0.29) is 11.4 Å². The van der Waals surface area contributed by atoms with Gasteiger partial charge in [0.15, 0.2) is 5.78 Å². The number of benzene rings is 1. The minimum atomic E-state index is -0.514. The van der Waals surface area contributed by atoms with Gasteiger partial charge < -0.3 is 18.9 Å². The zero-order chi connectivity index (χ0) is 17.2. The lowest BCUT2D eigenvalue weighted by molar-refractivity contribution is -0.252. The Kier molecular flexibility index (Phi) is 9.65. The van der Waals surface area contributed by atoms with Crippen molar-refractivity contribution in [3.63, 3.8) is 0 Å². The molecule has 1 aliphatic rings. The van der Waals surface area contributed by atoms with E-state index in [0.717, 1.165) is 0 Å². The fraction of sp³-hybridized carbons (Fsp3) is 0.588. The minimum absolute atomic E-state index is 0.173. The van der Waals surface area contributed by atoms with Gasteiger partial charge in [0.2, 0.25) is 0 Å². The van der Waals surface area contributed by atoms with Crippen LogP contribution in [-0.4, -0.2) is 39.2 Å². The molecule has 22 heavy (non-hydrogen) atoms. The van der Waals surface area contributed by atoms with Gasteiger partial charge >= 0.3 is 0 Å². The van der Waals surface area contributed by atoms with Crippen molar-refractivity contribution in [2.75, 3.05) is 21.3 Å². The maximum absolute atomic E-state index is 11.6. The number of hydrogen-bond donors (Lipinski definition) is 0. The summed E-state index contributed by atoms with van der Waals surface area (Å²) in [7, 11) is 4.53. The molecule has 1 aliphatic heterocycles. The highest BCUT2D eigenvalue weighted by molar-refractivity contribution is 6.00. The molecule has 0 saturated heterocycles. The summed E-state index contributed by atoms with van der Waals surface area (Å²) in [5.41, 5.74) is 0.354. The van der Waals surface area contributed by atoms with Crippen LogP contribution >= 0.6 is 0 Å². The van der Waals surface area contributed by atoms with Crippen molar-refractivity contribution < 1.29 is 23.7 Å². The van der Waals surface area contributed by atoms with Gasteiger partial charge in [-0.1, -0.05) is 26.0 Å². The number of Topliss-reactive ketones (excluding diaryl/α,β-unsaturated/α-hetero) is 1. The van der Waals surface area contributed by atoms with Crippen LogP contribution in [0.5, 0.6) is 5.75 Å². The number of ether oxygens (including phenoxy) is 4. The molecule has 1 heterocycles. The maximum Gasteiger partial charge on any atom is 0.270 e. The van der Waals surface area contributed by atoms with Crippen LogP contribution in [0, 0.1) is 0 Å². The molecule has 0 aliphatic carbocycles. The molecule has 0 fully saturated rings. The van der Waals surface area contributed by atoms with Crippen LogP contribution < -0.4 is 4.74 Å². The van der Waals surface area contributed by atoms with E-state index in [1.54, 1.807) is 0 Å². The third-order valence-corrected chi connectivity index (χ3v) is 2.74. The van der Waals surface area contributed by atoms with Crippen molar-refractivity contribution in [1.29, 1.82) is 0 Å². The predicted molar refractivity (Wildman–Crippen MR) is 86.3 cm³/mol. The first-order valence-corrected chi connectivity index (χ1v) is 7.33. The molecule has 1 aromatic carbocycles. The highest BCUT2D eigenvalue weighted by atomic mass is 16.8. The van der Waals surface area contributed by atoms with E-state index in [1.165, 1.54) is 21.3 Å². The van der Waals surface area contributed by atoms with Gasteiger partial charge in [0.25, 0.3) is 6.48 Å². The van der Waals surface area contributed by atoms with Gasteiger partial charge in [0.05, 0.1) is 12.0 Å². The van der Waals surface area contributed by atoms with Crippen LogP contribution in [0.2, 0.25) is 0 Å². The molecule has 0 radical (unpaired) electrons. The summed E-state index contributed by atoms with van der Waals surface area (Å²) >= 11 is 0. The summed E-state index contributed by atoms with van der Waals surface area (Å²) in [6.45, 7) is 7.35. The monoisotopic (exact) mass is 312 g/mol. The molecular weight excluding hydrogens is 284 g/mol. The van der Waals surface area contributed by atoms with Crippen molar-refractivity contribution in [3.8, 4) is 5.75 Å². The lowest BCUT2D eigenvalue weighted by atomic mass is 9.93. The second kappa shape index (κ2) is 10.3. The van der Waals surface area contributed by atoms with Gasteiger partial charge in [0, 0.05) is 21.3 Å². The second-order valence-corrected chi connectivity index (χ2v) is 4.95. The molecule has 2 rings (SSSR count). The molecule has 0 amide bonds. The van der Waals surface area contributed by atoms with Crippen molar-refractivity contribution in [3.05, 3.63) is 29.8 Å².